The Labute approximate surface area is 176 Å². The van der Waals surface area contributed by atoms with Crippen LogP contribution in [0.3, 0.4) is 0 Å². The standard InChI is InChI=1S/C25H26ClFN2/c1-24(2,3)15-7-10-20-17(13-15)18-14-16(25(4,5)6)8-11-21(18)29(20)22-12-9-19(26)23(27)28-22/h7-14H,1-6H3. The van der Waals surface area contributed by atoms with Crippen LogP contribution in [-0.4, -0.2) is 9.55 Å². The summed E-state index contributed by atoms with van der Waals surface area (Å²) in [5, 5.41) is 2.32. The van der Waals surface area contributed by atoms with E-state index in [4.69, 9.17) is 11.6 Å². The molecule has 4 aromatic rings. The number of hydrogen-bond acceptors (Lipinski definition) is 1. The van der Waals surface area contributed by atoms with Crippen molar-refractivity contribution in [3.8, 4) is 5.82 Å². The molecular formula is C25H26ClFN2. The van der Waals surface area contributed by atoms with Gasteiger partial charge in [-0.3, -0.25) is 4.57 Å². The fraction of sp³-hybridized carbons (Fsp3) is 0.320. The topological polar surface area (TPSA) is 17.8 Å². The van der Waals surface area contributed by atoms with Gasteiger partial charge in [-0.1, -0.05) is 65.3 Å². The molecule has 2 aromatic carbocycles. The summed E-state index contributed by atoms with van der Waals surface area (Å²) in [6.07, 6.45) is 0. The van der Waals surface area contributed by atoms with Gasteiger partial charge in [-0.15, -0.1) is 0 Å². The molecule has 0 aliphatic rings. The van der Waals surface area contributed by atoms with Gasteiger partial charge in [0.1, 0.15) is 5.82 Å². The summed E-state index contributed by atoms with van der Waals surface area (Å²) in [6.45, 7) is 13.3. The van der Waals surface area contributed by atoms with Gasteiger partial charge in [-0.2, -0.15) is 4.39 Å². The summed E-state index contributed by atoms with van der Waals surface area (Å²) < 4.78 is 16.2. The lowest BCUT2D eigenvalue weighted by Gasteiger charge is -2.19. The van der Waals surface area contributed by atoms with E-state index in [9.17, 15) is 4.39 Å². The van der Waals surface area contributed by atoms with E-state index in [2.05, 4.69) is 82.9 Å². The number of nitrogens with zero attached hydrogens (tertiary/aromatic N) is 2. The molecule has 0 spiro atoms. The van der Waals surface area contributed by atoms with Crippen LogP contribution in [0.5, 0.6) is 0 Å². The molecular weight excluding hydrogens is 383 g/mol. The largest absolute Gasteiger partial charge is 0.294 e. The summed E-state index contributed by atoms with van der Waals surface area (Å²) in [5.74, 6) is -0.129. The summed E-state index contributed by atoms with van der Waals surface area (Å²) in [5.41, 5.74) is 4.62. The summed E-state index contributed by atoms with van der Waals surface area (Å²) >= 11 is 5.87. The van der Waals surface area contributed by atoms with E-state index >= 15 is 0 Å². The Morgan fingerprint density at radius 1 is 0.759 bits per heavy atom. The second kappa shape index (κ2) is 6.56. The normalized spacial score (nSPS) is 12.8. The summed E-state index contributed by atoms with van der Waals surface area (Å²) in [7, 11) is 0. The quantitative estimate of drug-likeness (QED) is 0.297. The number of halogens is 2. The van der Waals surface area contributed by atoms with Crippen molar-refractivity contribution in [2.24, 2.45) is 0 Å². The molecule has 0 unspecified atom stereocenters. The Morgan fingerprint density at radius 2 is 1.24 bits per heavy atom. The third-order valence-electron chi connectivity index (χ3n) is 5.51. The van der Waals surface area contributed by atoms with Crippen molar-refractivity contribution in [2.45, 2.75) is 52.4 Å². The number of benzene rings is 2. The smallest absolute Gasteiger partial charge is 0.233 e. The van der Waals surface area contributed by atoms with Crippen molar-refractivity contribution < 1.29 is 4.39 Å². The van der Waals surface area contributed by atoms with E-state index < -0.39 is 5.95 Å². The second-order valence-electron chi connectivity index (χ2n) is 9.74. The van der Waals surface area contributed by atoms with Gasteiger partial charge >= 0.3 is 0 Å². The Balaban J connectivity index is 2.12. The maximum Gasteiger partial charge on any atom is 0.233 e. The van der Waals surface area contributed by atoms with Crippen molar-refractivity contribution >= 4 is 33.4 Å². The molecule has 2 nitrogen and oxygen atoms in total. The minimum Gasteiger partial charge on any atom is -0.294 e. The van der Waals surface area contributed by atoms with E-state index in [0.29, 0.717) is 5.82 Å². The molecule has 0 fully saturated rings. The molecule has 29 heavy (non-hydrogen) atoms. The number of pyridine rings is 1. The fourth-order valence-electron chi connectivity index (χ4n) is 3.74. The first-order valence-corrected chi connectivity index (χ1v) is 10.3. The van der Waals surface area contributed by atoms with Crippen LogP contribution in [0.1, 0.15) is 52.7 Å². The lowest BCUT2D eigenvalue weighted by Crippen LogP contribution is -2.10. The molecule has 150 valence electrons. The predicted octanol–water partition coefficient (Wildman–Crippen LogP) is 7.57. The lowest BCUT2D eigenvalue weighted by atomic mass is 9.85. The van der Waals surface area contributed by atoms with Gasteiger partial charge in [-0.05, 0) is 58.4 Å². The molecule has 2 heterocycles. The van der Waals surface area contributed by atoms with Crippen LogP contribution in [0.25, 0.3) is 27.6 Å². The monoisotopic (exact) mass is 408 g/mol. The molecule has 0 aliphatic carbocycles. The molecule has 0 radical (unpaired) electrons. The summed E-state index contributed by atoms with van der Waals surface area (Å²) in [4.78, 5) is 4.12. The average Bonchev–Trinajstić information content (AvgIpc) is 2.95. The highest BCUT2D eigenvalue weighted by Gasteiger charge is 2.21. The van der Waals surface area contributed by atoms with Crippen LogP contribution in [0.2, 0.25) is 5.02 Å². The van der Waals surface area contributed by atoms with Crippen molar-refractivity contribution in [3.63, 3.8) is 0 Å². The van der Waals surface area contributed by atoms with Gasteiger partial charge in [0.15, 0.2) is 0 Å². The minimum absolute atomic E-state index is 0.0274. The van der Waals surface area contributed by atoms with Crippen LogP contribution < -0.4 is 0 Å². The van der Waals surface area contributed by atoms with Gasteiger partial charge in [0.2, 0.25) is 5.95 Å². The number of fused-ring (bicyclic) bond motifs is 3. The van der Waals surface area contributed by atoms with Gasteiger partial charge in [0.25, 0.3) is 0 Å². The zero-order valence-corrected chi connectivity index (χ0v) is 18.5. The first-order chi connectivity index (χ1) is 13.5. The molecule has 0 bridgehead atoms. The molecule has 0 amide bonds. The van der Waals surface area contributed by atoms with E-state index in [1.54, 1.807) is 12.1 Å². The maximum absolute atomic E-state index is 14.2. The molecule has 0 saturated carbocycles. The van der Waals surface area contributed by atoms with Crippen LogP contribution in [-0.2, 0) is 10.8 Å². The minimum atomic E-state index is -0.656. The van der Waals surface area contributed by atoms with Crippen LogP contribution in [0, 0.1) is 5.95 Å². The third-order valence-corrected chi connectivity index (χ3v) is 5.80. The van der Waals surface area contributed by atoms with Crippen molar-refractivity contribution in [3.05, 3.63) is 70.6 Å². The highest BCUT2D eigenvalue weighted by molar-refractivity contribution is 6.30. The zero-order chi connectivity index (χ0) is 21.1. The molecule has 2 aromatic heterocycles. The van der Waals surface area contributed by atoms with Gasteiger partial charge in [0.05, 0.1) is 16.1 Å². The maximum atomic E-state index is 14.2. The van der Waals surface area contributed by atoms with E-state index in [1.165, 1.54) is 11.1 Å². The molecule has 0 atom stereocenters. The Hall–Kier alpha value is -2.39. The van der Waals surface area contributed by atoms with E-state index in [1.807, 2.05) is 4.57 Å². The second-order valence-corrected chi connectivity index (χ2v) is 10.1. The fourth-order valence-corrected chi connectivity index (χ4v) is 3.84. The highest BCUT2D eigenvalue weighted by Crippen LogP contribution is 2.37. The Morgan fingerprint density at radius 3 is 1.66 bits per heavy atom. The Kier molecular flexibility index (Phi) is 4.51. The number of aromatic nitrogens is 2. The van der Waals surface area contributed by atoms with Gasteiger partial charge in [-0.25, -0.2) is 4.98 Å². The lowest BCUT2D eigenvalue weighted by molar-refractivity contribution is 0.582. The van der Waals surface area contributed by atoms with Crippen molar-refractivity contribution in [2.75, 3.05) is 0 Å². The third kappa shape index (κ3) is 3.42. The highest BCUT2D eigenvalue weighted by atomic mass is 35.5. The number of hydrogen-bond donors (Lipinski definition) is 0. The van der Waals surface area contributed by atoms with Crippen LogP contribution >= 0.6 is 11.6 Å². The van der Waals surface area contributed by atoms with Crippen LogP contribution in [0.4, 0.5) is 4.39 Å². The molecule has 0 aliphatic heterocycles. The zero-order valence-electron chi connectivity index (χ0n) is 17.8. The van der Waals surface area contributed by atoms with Crippen molar-refractivity contribution in [1.29, 1.82) is 0 Å². The average molecular weight is 409 g/mol. The van der Waals surface area contributed by atoms with Gasteiger partial charge in [0, 0.05) is 10.8 Å². The summed E-state index contributed by atoms with van der Waals surface area (Å²) in [6, 6.07) is 16.4. The van der Waals surface area contributed by atoms with Gasteiger partial charge < -0.3 is 0 Å². The van der Waals surface area contributed by atoms with Crippen LogP contribution in [0.15, 0.2) is 48.5 Å². The molecule has 0 saturated heterocycles. The van der Waals surface area contributed by atoms with Crippen molar-refractivity contribution in [1.82, 2.24) is 9.55 Å². The predicted molar refractivity (Wildman–Crippen MR) is 121 cm³/mol. The first-order valence-electron chi connectivity index (χ1n) is 9.88. The van der Waals surface area contributed by atoms with E-state index in [-0.39, 0.29) is 15.9 Å². The SMILES string of the molecule is CC(C)(C)c1ccc2c(c1)c1cc(C(C)(C)C)ccc1n2-c1ccc(Cl)c(F)n1. The number of rotatable bonds is 1. The Bertz CT molecular complexity index is 1170. The molecule has 0 N–H and O–H groups in total. The molecule has 4 heteroatoms. The first kappa shape index (κ1) is 19.9. The van der Waals surface area contributed by atoms with E-state index in [0.717, 1.165) is 21.8 Å². The molecule has 4 rings (SSSR count).